The average molecular weight is 274 g/mol. The maximum Gasteiger partial charge on any atom is 0.326 e. The second-order valence-corrected chi connectivity index (χ2v) is 4.89. The van der Waals surface area contributed by atoms with Gasteiger partial charge in [0.1, 0.15) is 6.04 Å². The minimum Gasteiger partial charge on any atom is -0.480 e. The summed E-state index contributed by atoms with van der Waals surface area (Å²) in [6, 6.07) is -1.28. The summed E-state index contributed by atoms with van der Waals surface area (Å²) in [4.78, 5) is 22.5. The van der Waals surface area contributed by atoms with E-state index >= 15 is 0 Å². The van der Waals surface area contributed by atoms with Crippen LogP contribution in [0.4, 0.5) is 4.79 Å². The first-order chi connectivity index (χ1) is 8.97. The van der Waals surface area contributed by atoms with E-state index in [0.717, 1.165) is 19.4 Å². The third-order valence-electron chi connectivity index (χ3n) is 2.41. The van der Waals surface area contributed by atoms with Gasteiger partial charge in [0.25, 0.3) is 0 Å². The number of aliphatic carboxylic acids is 1. The Bertz CT molecular complexity index is 269. The van der Waals surface area contributed by atoms with Crippen molar-refractivity contribution in [2.45, 2.75) is 46.1 Å². The van der Waals surface area contributed by atoms with Crippen molar-refractivity contribution in [3.63, 3.8) is 0 Å². The fraction of sp³-hybridized carbons (Fsp3) is 0.846. The van der Waals surface area contributed by atoms with Crippen LogP contribution in [-0.2, 0) is 9.53 Å². The van der Waals surface area contributed by atoms with Crippen molar-refractivity contribution in [1.82, 2.24) is 10.6 Å². The van der Waals surface area contributed by atoms with Crippen LogP contribution >= 0.6 is 0 Å². The summed E-state index contributed by atoms with van der Waals surface area (Å²) in [5, 5.41) is 14.1. The van der Waals surface area contributed by atoms with Gasteiger partial charge >= 0.3 is 12.0 Å². The zero-order valence-electron chi connectivity index (χ0n) is 12.1. The molecular weight excluding hydrogens is 248 g/mol. The number of carbonyl (C=O) groups excluding carboxylic acids is 1. The van der Waals surface area contributed by atoms with E-state index in [1.807, 2.05) is 20.8 Å². The van der Waals surface area contributed by atoms with Gasteiger partial charge in [-0.15, -0.1) is 0 Å². The molecule has 0 bridgehead atoms. The van der Waals surface area contributed by atoms with Crippen molar-refractivity contribution in [2.24, 2.45) is 5.92 Å². The molecule has 0 saturated heterocycles. The van der Waals surface area contributed by atoms with Crippen LogP contribution in [0.25, 0.3) is 0 Å². The molecule has 19 heavy (non-hydrogen) atoms. The van der Waals surface area contributed by atoms with Crippen LogP contribution in [0, 0.1) is 5.92 Å². The lowest BCUT2D eigenvalue weighted by Crippen LogP contribution is -2.46. The predicted molar refractivity (Wildman–Crippen MR) is 73.1 cm³/mol. The van der Waals surface area contributed by atoms with E-state index in [0.29, 0.717) is 19.6 Å². The van der Waals surface area contributed by atoms with Crippen LogP contribution in [0.5, 0.6) is 0 Å². The standard InChI is InChI=1S/C13H26N2O4/c1-4-7-19-8-5-6-14-13(18)15-11(12(16)17)9-10(2)3/h10-11H,4-9H2,1-3H3,(H,16,17)(H2,14,15,18)/t11-/m1/s1. The Morgan fingerprint density at radius 1 is 1.26 bits per heavy atom. The lowest BCUT2D eigenvalue weighted by atomic mass is 10.0. The van der Waals surface area contributed by atoms with Crippen LogP contribution < -0.4 is 10.6 Å². The van der Waals surface area contributed by atoms with Gasteiger partial charge < -0.3 is 20.5 Å². The van der Waals surface area contributed by atoms with E-state index in [4.69, 9.17) is 9.84 Å². The van der Waals surface area contributed by atoms with Gasteiger partial charge in [0.2, 0.25) is 0 Å². The first-order valence-electron chi connectivity index (χ1n) is 6.82. The number of rotatable bonds is 10. The molecule has 0 spiro atoms. The van der Waals surface area contributed by atoms with E-state index in [-0.39, 0.29) is 5.92 Å². The Balaban J connectivity index is 3.78. The van der Waals surface area contributed by atoms with Crippen molar-refractivity contribution in [3.8, 4) is 0 Å². The SMILES string of the molecule is CCCOCCCNC(=O)N[C@H](CC(C)C)C(=O)O. The minimum absolute atomic E-state index is 0.212. The van der Waals surface area contributed by atoms with Crippen LogP contribution in [-0.4, -0.2) is 42.9 Å². The van der Waals surface area contributed by atoms with Gasteiger partial charge in [-0.2, -0.15) is 0 Å². The van der Waals surface area contributed by atoms with Crippen molar-refractivity contribution in [2.75, 3.05) is 19.8 Å². The van der Waals surface area contributed by atoms with Gasteiger partial charge in [0.05, 0.1) is 0 Å². The number of hydrogen-bond acceptors (Lipinski definition) is 3. The zero-order valence-corrected chi connectivity index (χ0v) is 12.1. The van der Waals surface area contributed by atoms with E-state index < -0.39 is 18.0 Å². The van der Waals surface area contributed by atoms with Crippen LogP contribution in [0.2, 0.25) is 0 Å². The average Bonchev–Trinajstić information content (AvgIpc) is 2.32. The third kappa shape index (κ3) is 10.3. The molecule has 6 nitrogen and oxygen atoms in total. The fourth-order valence-electron chi connectivity index (χ4n) is 1.52. The quantitative estimate of drug-likeness (QED) is 0.528. The summed E-state index contributed by atoms with van der Waals surface area (Å²) in [6.45, 7) is 7.67. The minimum atomic E-state index is -1.00. The Hall–Kier alpha value is -1.30. The van der Waals surface area contributed by atoms with E-state index in [2.05, 4.69) is 10.6 Å². The van der Waals surface area contributed by atoms with Gasteiger partial charge in [-0.3, -0.25) is 0 Å². The van der Waals surface area contributed by atoms with Crippen LogP contribution in [0.3, 0.4) is 0 Å². The molecule has 2 amide bonds. The highest BCUT2D eigenvalue weighted by atomic mass is 16.5. The zero-order chi connectivity index (χ0) is 14.7. The third-order valence-corrected chi connectivity index (χ3v) is 2.41. The summed E-state index contributed by atoms with van der Waals surface area (Å²) in [6.07, 6.45) is 2.11. The molecule has 0 aliphatic rings. The molecule has 0 fully saturated rings. The molecule has 1 atom stereocenters. The topological polar surface area (TPSA) is 87.7 Å². The highest BCUT2D eigenvalue weighted by Gasteiger charge is 2.20. The number of carboxylic acids is 1. The molecule has 0 aromatic rings. The van der Waals surface area contributed by atoms with Gasteiger partial charge in [-0.25, -0.2) is 9.59 Å². The molecule has 0 unspecified atom stereocenters. The number of ether oxygens (including phenoxy) is 1. The van der Waals surface area contributed by atoms with E-state index in [1.165, 1.54) is 0 Å². The molecule has 0 heterocycles. The Labute approximate surface area is 114 Å². The van der Waals surface area contributed by atoms with Gasteiger partial charge in [-0.1, -0.05) is 20.8 Å². The summed E-state index contributed by atoms with van der Waals surface area (Å²) >= 11 is 0. The second-order valence-electron chi connectivity index (χ2n) is 4.89. The number of hydrogen-bond donors (Lipinski definition) is 3. The monoisotopic (exact) mass is 274 g/mol. The summed E-state index contributed by atoms with van der Waals surface area (Å²) in [5.41, 5.74) is 0. The summed E-state index contributed by atoms with van der Waals surface area (Å²) in [7, 11) is 0. The second kappa shape index (κ2) is 10.6. The molecule has 0 saturated carbocycles. The lowest BCUT2D eigenvalue weighted by molar-refractivity contribution is -0.139. The van der Waals surface area contributed by atoms with E-state index in [1.54, 1.807) is 0 Å². The number of urea groups is 1. The molecule has 3 N–H and O–H groups in total. The fourth-order valence-corrected chi connectivity index (χ4v) is 1.52. The van der Waals surface area contributed by atoms with Gasteiger partial charge in [0.15, 0.2) is 0 Å². The first-order valence-corrected chi connectivity index (χ1v) is 6.82. The molecule has 6 heteroatoms. The van der Waals surface area contributed by atoms with Crippen molar-refractivity contribution in [3.05, 3.63) is 0 Å². The van der Waals surface area contributed by atoms with E-state index in [9.17, 15) is 9.59 Å². The Kier molecular flexibility index (Phi) is 9.88. The first kappa shape index (κ1) is 17.7. The van der Waals surface area contributed by atoms with Crippen molar-refractivity contribution in [1.29, 1.82) is 0 Å². The number of carboxylic acid groups (broad SMARTS) is 1. The highest BCUT2D eigenvalue weighted by Crippen LogP contribution is 2.04. The molecule has 0 aromatic carbocycles. The van der Waals surface area contributed by atoms with Crippen LogP contribution in [0.1, 0.15) is 40.0 Å². The molecule has 0 aliphatic carbocycles. The summed E-state index contributed by atoms with van der Waals surface area (Å²) in [5.74, 6) is -0.793. The molecule has 112 valence electrons. The Morgan fingerprint density at radius 2 is 1.95 bits per heavy atom. The molecule has 0 radical (unpaired) electrons. The molecule has 0 aromatic heterocycles. The normalized spacial score (nSPS) is 12.2. The maximum absolute atomic E-state index is 11.5. The predicted octanol–water partition coefficient (Wildman–Crippen LogP) is 1.60. The van der Waals surface area contributed by atoms with Crippen molar-refractivity contribution >= 4 is 12.0 Å². The lowest BCUT2D eigenvalue weighted by Gasteiger charge is -2.16. The van der Waals surface area contributed by atoms with Gasteiger partial charge in [-0.05, 0) is 25.2 Å². The van der Waals surface area contributed by atoms with Crippen molar-refractivity contribution < 1.29 is 19.4 Å². The van der Waals surface area contributed by atoms with Gasteiger partial charge in [0, 0.05) is 19.8 Å². The smallest absolute Gasteiger partial charge is 0.326 e. The maximum atomic E-state index is 11.5. The molecular formula is C13H26N2O4. The Morgan fingerprint density at radius 3 is 2.47 bits per heavy atom. The number of carbonyl (C=O) groups is 2. The number of nitrogens with one attached hydrogen (secondary N) is 2. The molecule has 0 aliphatic heterocycles. The highest BCUT2D eigenvalue weighted by molar-refractivity contribution is 5.82. The molecule has 0 rings (SSSR count). The van der Waals surface area contributed by atoms with Crippen LogP contribution in [0.15, 0.2) is 0 Å². The number of amides is 2. The largest absolute Gasteiger partial charge is 0.480 e. The summed E-state index contributed by atoms with van der Waals surface area (Å²) < 4.78 is 5.27.